The van der Waals surface area contributed by atoms with Crippen molar-refractivity contribution in [3.63, 3.8) is 0 Å². The van der Waals surface area contributed by atoms with Gasteiger partial charge in [-0.1, -0.05) is 12.6 Å². The number of ether oxygens (including phenoxy) is 2. The summed E-state index contributed by atoms with van der Waals surface area (Å²) in [4.78, 5) is 24.2. The molecular weight excluding hydrogens is 434 g/mol. The highest BCUT2D eigenvalue weighted by Gasteiger charge is 2.42. The number of anilines is 1. The number of hydrogen-bond donors (Lipinski definition) is 2. The summed E-state index contributed by atoms with van der Waals surface area (Å²) in [6.45, 7) is 5.17. The molecule has 0 spiro atoms. The van der Waals surface area contributed by atoms with Gasteiger partial charge in [-0.25, -0.2) is 8.42 Å². The Morgan fingerprint density at radius 3 is 2.72 bits per heavy atom. The number of carbonyl (C=O) groups excluding carboxylic acids is 2. The number of nitrogens with zero attached hydrogens (tertiary/aromatic N) is 1. The molecule has 0 aliphatic carbocycles. The molecular formula is C22H29N3O6S. The van der Waals surface area contributed by atoms with Crippen LogP contribution in [0.25, 0.3) is 0 Å². The number of hydrogen-bond acceptors (Lipinski definition) is 6. The Morgan fingerprint density at radius 2 is 1.97 bits per heavy atom. The van der Waals surface area contributed by atoms with Crippen LogP contribution in [0.2, 0.25) is 0 Å². The van der Waals surface area contributed by atoms with Gasteiger partial charge in [0.25, 0.3) is 0 Å². The lowest BCUT2D eigenvalue weighted by Crippen LogP contribution is -2.45. The van der Waals surface area contributed by atoms with Crippen molar-refractivity contribution in [2.24, 2.45) is 11.8 Å². The Balaban J connectivity index is 1.41. The number of benzene rings is 1. The minimum absolute atomic E-state index is 0.115. The van der Waals surface area contributed by atoms with E-state index in [1.165, 1.54) is 22.5 Å². The number of sulfonamides is 1. The van der Waals surface area contributed by atoms with E-state index >= 15 is 0 Å². The highest BCUT2D eigenvalue weighted by atomic mass is 32.2. The molecule has 32 heavy (non-hydrogen) atoms. The van der Waals surface area contributed by atoms with Crippen LogP contribution < -0.4 is 10.6 Å². The Hall–Kier alpha value is -2.27. The lowest BCUT2D eigenvalue weighted by atomic mass is 9.94. The predicted molar refractivity (Wildman–Crippen MR) is 117 cm³/mol. The molecule has 0 aromatic heterocycles. The average Bonchev–Trinajstić information content (AvgIpc) is 3.21. The van der Waals surface area contributed by atoms with Crippen molar-refractivity contribution >= 4 is 27.5 Å². The first-order valence-corrected chi connectivity index (χ1v) is 12.4. The highest BCUT2D eigenvalue weighted by Crippen LogP contribution is 2.34. The fourth-order valence-corrected chi connectivity index (χ4v) is 6.03. The Bertz CT molecular complexity index is 976. The van der Waals surface area contributed by atoms with E-state index in [1.54, 1.807) is 12.1 Å². The molecule has 1 aromatic rings. The summed E-state index contributed by atoms with van der Waals surface area (Å²) in [6, 6.07) is 6.36. The molecule has 174 valence electrons. The van der Waals surface area contributed by atoms with E-state index in [-0.39, 0.29) is 41.2 Å². The normalized spacial score (nSPS) is 26.8. The number of carbonyl (C=O) groups is 2. The Labute approximate surface area is 188 Å². The van der Waals surface area contributed by atoms with Crippen LogP contribution in [0.4, 0.5) is 5.69 Å². The van der Waals surface area contributed by atoms with Gasteiger partial charge in [0.15, 0.2) is 0 Å². The predicted octanol–water partition coefficient (Wildman–Crippen LogP) is 1.48. The first-order valence-electron chi connectivity index (χ1n) is 10.9. The summed E-state index contributed by atoms with van der Waals surface area (Å²) in [7, 11) is -3.75. The standard InChI is InChI=1S/C22H29N3O6S/c1-2-20(26)24-21-12-16-6-9-25(14-19(16)31-21)32(28,29)18-5-3-4-17(13-18)23-22(27)15-7-10-30-11-8-15/h2-5,13,15-16,19,21H,1,6-12,14H2,(H,23,27)(H,24,26). The molecule has 10 heteroatoms. The molecule has 0 saturated carbocycles. The van der Waals surface area contributed by atoms with E-state index in [1.807, 2.05) is 0 Å². The van der Waals surface area contributed by atoms with Crippen molar-refractivity contribution in [1.82, 2.24) is 9.62 Å². The lowest BCUT2D eigenvalue weighted by molar-refractivity contribution is -0.122. The van der Waals surface area contributed by atoms with Crippen LogP contribution in [0.15, 0.2) is 41.8 Å². The van der Waals surface area contributed by atoms with Gasteiger partial charge in [-0.2, -0.15) is 4.31 Å². The fourth-order valence-electron chi connectivity index (χ4n) is 4.52. The van der Waals surface area contributed by atoms with Gasteiger partial charge in [0.2, 0.25) is 21.8 Å². The molecule has 3 aliphatic rings. The molecule has 3 atom stereocenters. The van der Waals surface area contributed by atoms with Crippen LogP contribution in [-0.4, -0.2) is 63.2 Å². The van der Waals surface area contributed by atoms with E-state index in [0.29, 0.717) is 51.1 Å². The van der Waals surface area contributed by atoms with Crippen LogP contribution in [0, 0.1) is 11.8 Å². The van der Waals surface area contributed by atoms with Crippen LogP contribution in [0.1, 0.15) is 25.7 Å². The van der Waals surface area contributed by atoms with Gasteiger partial charge in [-0.3, -0.25) is 9.59 Å². The molecule has 2 amide bonds. The van der Waals surface area contributed by atoms with E-state index in [2.05, 4.69) is 17.2 Å². The van der Waals surface area contributed by atoms with Crippen LogP contribution in [-0.2, 0) is 29.1 Å². The molecule has 2 N–H and O–H groups in total. The summed E-state index contributed by atoms with van der Waals surface area (Å²) in [6.07, 6.45) is 3.13. The zero-order valence-corrected chi connectivity index (χ0v) is 18.7. The smallest absolute Gasteiger partial charge is 0.245 e. The molecule has 3 aliphatic heterocycles. The summed E-state index contributed by atoms with van der Waals surface area (Å²) in [5.74, 6) is -0.355. The van der Waals surface area contributed by atoms with Crippen LogP contribution in [0.5, 0.6) is 0 Å². The second kappa shape index (κ2) is 9.70. The van der Waals surface area contributed by atoms with Crippen molar-refractivity contribution in [2.45, 2.75) is 42.9 Å². The zero-order valence-electron chi connectivity index (χ0n) is 17.9. The minimum atomic E-state index is -3.75. The monoisotopic (exact) mass is 463 g/mol. The SMILES string of the molecule is C=CC(=O)NC1CC2CCN(S(=O)(=O)c3cccc(NC(=O)C4CCOCC4)c3)CC2O1. The molecule has 3 saturated heterocycles. The number of piperidine rings is 1. The largest absolute Gasteiger partial charge is 0.381 e. The summed E-state index contributed by atoms with van der Waals surface area (Å²) < 4.78 is 39.2. The second-order valence-corrected chi connectivity index (χ2v) is 10.4. The van der Waals surface area contributed by atoms with Crippen molar-refractivity contribution in [3.8, 4) is 0 Å². The number of rotatable bonds is 6. The third-order valence-corrected chi connectivity index (χ3v) is 8.20. The Kier molecular flexibility index (Phi) is 6.94. The van der Waals surface area contributed by atoms with E-state index in [0.717, 1.165) is 0 Å². The van der Waals surface area contributed by atoms with Crippen molar-refractivity contribution < 1.29 is 27.5 Å². The highest BCUT2D eigenvalue weighted by molar-refractivity contribution is 7.89. The van der Waals surface area contributed by atoms with Crippen molar-refractivity contribution in [2.75, 3.05) is 31.6 Å². The van der Waals surface area contributed by atoms with Crippen molar-refractivity contribution in [1.29, 1.82) is 0 Å². The zero-order chi connectivity index (χ0) is 22.7. The maximum absolute atomic E-state index is 13.3. The van der Waals surface area contributed by atoms with E-state index in [4.69, 9.17) is 9.47 Å². The van der Waals surface area contributed by atoms with Gasteiger partial charge in [-0.05, 0) is 55.9 Å². The molecule has 0 bridgehead atoms. The fraction of sp³-hybridized carbons (Fsp3) is 0.545. The summed E-state index contributed by atoms with van der Waals surface area (Å²) >= 11 is 0. The molecule has 3 fully saturated rings. The number of nitrogens with one attached hydrogen (secondary N) is 2. The first-order chi connectivity index (χ1) is 15.4. The molecule has 1 aromatic carbocycles. The third kappa shape index (κ3) is 5.03. The van der Waals surface area contributed by atoms with Gasteiger partial charge in [-0.15, -0.1) is 0 Å². The minimum Gasteiger partial charge on any atom is -0.381 e. The summed E-state index contributed by atoms with van der Waals surface area (Å²) in [5.41, 5.74) is 0.460. The van der Waals surface area contributed by atoms with Gasteiger partial charge >= 0.3 is 0 Å². The molecule has 3 heterocycles. The molecule has 3 unspecified atom stereocenters. The maximum Gasteiger partial charge on any atom is 0.245 e. The number of fused-ring (bicyclic) bond motifs is 1. The second-order valence-electron chi connectivity index (χ2n) is 8.43. The van der Waals surface area contributed by atoms with E-state index in [9.17, 15) is 18.0 Å². The van der Waals surface area contributed by atoms with E-state index < -0.39 is 16.3 Å². The third-order valence-electron chi connectivity index (χ3n) is 6.33. The van der Waals surface area contributed by atoms with Gasteiger partial charge < -0.3 is 20.1 Å². The topological polar surface area (TPSA) is 114 Å². The lowest BCUT2D eigenvalue weighted by Gasteiger charge is -2.33. The van der Waals surface area contributed by atoms with Crippen LogP contribution in [0.3, 0.4) is 0 Å². The molecule has 0 radical (unpaired) electrons. The van der Waals surface area contributed by atoms with Crippen LogP contribution >= 0.6 is 0 Å². The average molecular weight is 464 g/mol. The van der Waals surface area contributed by atoms with Gasteiger partial charge in [0.05, 0.1) is 11.0 Å². The maximum atomic E-state index is 13.3. The number of amides is 2. The quantitative estimate of drug-likeness (QED) is 0.618. The Morgan fingerprint density at radius 1 is 1.19 bits per heavy atom. The molecule has 4 rings (SSSR count). The van der Waals surface area contributed by atoms with Gasteiger partial charge in [0.1, 0.15) is 6.23 Å². The molecule has 9 nitrogen and oxygen atoms in total. The van der Waals surface area contributed by atoms with Crippen molar-refractivity contribution in [3.05, 3.63) is 36.9 Å². The summed E-state index contributed by atoms with van der Waals surface area (Å²) in [5, 5.41) is 5.57. The first kappa shape index (κ1) is 22.9. The van der Waals surface area contributed by atoms with Gasteiger partial charge in [0, 0.05) is 37.9 Å².